The van der Waals surface area contributed by atoms with Crippen LogP contribution in [-0.2, 0) is 13.6 Å². The molecule has 0 atom stereocenters. The van der Waals surface area contributed by atoms with Gasteiger partial charge in [-0.1, -0.05) is 20.8 Å². The lowest BCUT2D eigenvalue weighted by Crippen LogP contribution is -2.35. The summed E-state index contributed by atoms with van der Waals surface area (Å²) in [4.78, 5) is 37.7. The topological polar surface area (TPSA) is 150 Å². The first kappa shape index (κ1) is 20.6. The van der Waals surface area contributed by atoms with Crippen molar-refractivity contribution in [2.24, 2.45) is 18.2 Å². The number of aromatic hydroxyl groups is 1. The zero-order chi connectivity index (χ0) is 22.7. The summed E-state index contributed by atoms with van der Waals surface area (Å²) < 4.78 is 3.98. The lowest BCUT2D eigenvalue weighted by molar-refractivity contribution is 0.0942. The lowest BCUT2D eigenvalue weighted by atomic mass is 9.96. The number of aryl methyl sites for hydroxylation is 1. The molecule has 3 heterocycles. The third-order valence-corrected chi connectivity index (χ3v) is 4.96. The van der Waals surface area contributed by atoms with E-state index in [1.54, 1.807) is 19.3 Å². The molecule has 1 aliphatic carbocycles. The van der Waals surface area contributed by atoms with Gasteiger partial charge in [-0.25, -0.2) is 0 Å². The predicted octanol–water partition coefficient (Wildman–Crippen LogP) is 0.639. The van der Waals surface area contributed by atoms with Crippen LogP contribution >= 0.6 is 0 Å². The highest BCUT2D eigenvalue weighted by molar-refractivity contribution is 5.98. The van der Waals surface area contributed by atoms with Gasteiger partial charge in [0, 0.05) is 31.9 Å². The van der Waals surface area contributed by atoms with Crippen molar-refractivity contribution in [1.82, 2.24) is 29.3 Å². The van der Waals surface area contributed by atoms with E-state index in [1.807, 2.05) is 20.8 Å². The summed E-state index contributed by atoms with van der Waals surface area (Å²) in [6.45, 7) is 6.21. The fourth-order valence-electron chi connectivity index (χ4n) is 3.46. The van der Waals surface area contributed by atoms with Crippen LogP contribution in [0.4, 0.5) is 0 Å². The molecule has 0 radical (unpaired) electrons. The minimum absolute atomic E-state index is 0.0108. The van der Waals surface area contributed by atoms with Crippen molar-refractivity contribution in [3.05, 3.63) is 33.9 Å². The molecule has 1 saturated carbocycles. The second-order valence-electron chi connectivity index (χ2n) is 9.13. The molecular formula is C20H25N7O4. The van der Waals surface area contributed by atoms with E-state index in [9.17, 15) is 19.5 Å². The fourth-order valence-corrected chi connectivity index (χ4v) is 3.46. The molecule has 31 heavy (non-hydrogen) atoms. The Morgan fingerprint density at radius 2 is 1.97 bits per heavy atom. The SMILES string of the molecule is Cn1cc(-c2cc3n(CC(C)(C)C)c(O)c(C(=O)NC4CC4)c(=O)n3n2)c(C(N)=O)n1. The highest BCUT2D eigenvalue weighted by atomic mass is 16.3. The summed E-state index contributed by atoms with van der Waals surface area (Å²) in [7, 11) is 1.64. The van der Waals surface area contributed by atoms with Crippen LogP contribution in [0.5, 0.6) is 5.88 Å². The van der Waals surface area contributed by atoms with E-state index >= 15 is 0 Å². The average Bonchev–Trinajstić information content (AvgIpc) is 3.20. The molecule has 0 saturated heterocycles. The minimum Gasteiger partial charge on any atom is -0.494 e. The summed E-state index contributed by atoms with van der Waals surface area (Å²) in [5.41, 5.74) is 4.97. The predicted molar refractivity (Wildman–Crippen MR) is 112 cm³/mol. The molecule has 2 amide bonds. The van der Waals surface area contributed by atoms with Crippen molar-refractivity contribution < 1.29 is 14.7 Å². The Kier molecular flexibility index (Phi) is 4.64. The molecule has 0 aromatic carbocycles. The van der Waals surface area contributed by atoms with Gasteiger partial charge in [-0.2, -0.15) is 14.7 Å². The van der Waals surface area contributed by atoms with Crippen molar-refractivity contribution in [3.63, 3.8) is 0 Å². The monoisotopic (exact) mass is 427 g/mol. The van der Waals surface area contributed by atoms with E-state index < -0.39 is 23.3 Å². The largest absolute Gasteiger partial charge is 0.494 e. The number of nitrogens with zero attached hydrogens (tertiary/aromatic N) is 5. The Hall–Kier alpha value is -3.63. The van der Waals surface area contributed by atoms with E-state index in [4.69, 9.17) is 5.73 Å². The minimum atomic E-state index is -0.744. The molecule has 1 aliphatic rings. The maximum Gasteiger partial charge on any atom is 0.291 e. The van der Waals surface area contributed by atoms with E-state index in [2.05, 4.69) is 15.5 Å². The normalized spacial score (nSPS) is 14.2. The maximum absolute atomic E-state index is 13.1. The molecule has 1 fully saturated rings. The molecule has 0 bridgehead atoms. The second-order valence-corrected chi connectivity index (χ2v) is 9.13. The number of nitrogens with one attached hydrogen (secondary N) is 1. The number of nitrogens with two attached hydrogens (primary N) is 1. The zero-order valence-electron chi connectivity index (χ0n) is 17.8. The first-order valence-corrected chi connectivity index (χ1v) is 9.96. The highest BCUT2D eigenvalue weighted by Gasteiger charge is 2.31. The molecule has 3 aromatic rings. The number of fused-ring (bicyclic) bond motifs is 1. The van der Waals surface area contributed by atoms with Gasteiger partial charge in [0.05, 0.1) is 11.3 Å². The van der Waals surface area contributed by atoms with Crippen molar-refractivity contribution in [2.45, 2.75) is 46.2 Å². The number of hydrogen-bond donors (Lipinski definition) is 3. The Balaban J connectivity index is 1.97. The van der Waals surface area contributed by atoms with Crippen molar-refractivity contribution in [3.8, 4) is 17.1 Å². The first-order valence-electron chi connectivity index (χ1n) is 9.96. The first-order chi connectivity index (χ1) is 14.5. The molecule has 0 unspecified atom stereocenters. The van der Waals surface area contributed by atoms with Crippen molar-refractivity contribution >= 4 is 17.5 Å². The van der Waals surface area contributed by atoms with Crippen molar-refractivity contribution in [1.29, 1.82) is 0 Å². The number of aromatic nitrogens is 5. The standard InChI is InChI=1S/C20H25N7O4/c1-20(2,3)9-26-13-7-12(11-8-25(4)24-15(11)16(21)28)23-27(13)19(31)14(18(26)30)17(29)22-10-5-6-10/h7-8,10,30H,5-6,9H2,1-4H3,(H2,21,28)(H,22,29). The summed E-state index contributed by atoms with van der Waals surface area (Å²) in [6, 6.07) is 1.58. The van der Waals surface area contributed by atoms with Crippen LogP contribution in [-0.4, -0.2) is 46.9 Å². The summed E-state index contributed by atoms with van der Waals surface area (Å²) in [5, 5.41) is 22.1. The van der Waals surface area contributed by atoms with Crippen LogP contribution in [0.25, 0.3) is 16.9 Å². The molecule has 11 heteroatoms. The third-order valence-electron chi connectivity index (χ3n) is 4.96. The van der Waals surface area contributed by atoms with E-state index in [-0.39, 0.29) is 34.1 Å². The van der Waals surface area contributed by atoms with E-state index in [1.165, 1.54) is 9.25 Å². The number of hydrogen-bond acceptors (Lipinski definition) is 6. The van der Waals surface area contributed by atoms with Gasteiger partial charge in [0.1, 0.15) is 5.65 Å². The second kappa shape index (κ2) is 6.96. The molecule has 4 rings (SSSR count). The Morgan fingerprint density at radius 1 is 1.29 bits per heavy atom. The summed E-state index contributed by atoms with van der Waals surface area (Å²) in [5.74, 6) is -1.78. The van der Waals surface area contributed by atoms with Gasteiger partial charge >= 0.3 is 0 Å². The number of amides is 2. The molecule has 3 aromatic heterocycles. The van der Waals surface area contributed by atoms with E-state index in [0.717, 1.165) is 17.4 Å². The number of primary amides is 1. The van der Waals surface area contributed by atoms with Crippen LogP contribution in [0.1, 0.15) is 54.5 Å². The van der Waals surface area contributed by atoms with Gasteiger partial charge in [0.25, 0.3) is 17.4 Å². The quantitative estimate of drug-likeness (QED) is 0.544. The maximum atomic E-state index is 13.1. The Morgan fingerprint density at radius 3 is 2.55 bits per heavy atom. The Bertz CT molecular complexity index is 1270. The molecule has 11 nitrogen and oxygen atoms in total. The van der Waals surface area contributed by atoms with Gasteiger partial charge < -0.3 is 16.2 Å². The molecule has 0 spiro atoms. The van der Waals surface area contributed by atoms with Crippen molar-refractivity contribution in [2.75, 3.05) is 0 Å². The average molecular weight is 427 g/mol. The summed E-state index contributed by atoms with van der Waals surface area (Å²) in [6.07, 6.45) is 3.25. The molecule has 4 N–H and O–H groups in total. The number of carbonyl (C=O) groups excluding carboxylic acids is 2. The highest BCUT2D eigenvalue weighted by Crippen LogP contribution is 2.28. The smallest absolute Gasteiger partial charge is 0.291 e. The van der Waals surface area contributed by atoms with E-state index in [0.29, 0.717) is 12.1 Å². The van der Waals surface area contributed by atoms with Gasteiger partial charge in [-0.15, -0.1) is 0 Å². The van der Waals surface area contributed by atoms with Crippen LogP contribution in [0.15, 0.2) is 17.1 Å². The van der Waals surface area contributed by atoms with Crippen LogP contribution in [0, 0.1) is 5.41 Å². The molecule has 0 aliphatic heterocycles. The Labute approximate surface area is 177 Å². The van der Waals surface area contributed by atoms with Gasteiger partial charge in [0.2, 0.25) is 5.88 Å². The lowest BCUT2D eigenvalue weighted by Gasteiger charge is -2.23. The zero-order valence-corrected chi connectivity index (χ0v) is 17.8. The van der Waals surface area contributed by atoms with Gasteiger partial charge in [-0.3, -0.25) is 23.6 Å². The number of carbonyl (C=O) groups is 2. The third kappa shape index (κ3) is 3.78. The van der Waals surface area contributed by atoms with Crippen LogP contribution < -0.4 is 16.6 Å². The number of rotatable bonds is 5. The summed E-state index contributed by atoms with van der Waals surface area (Å²) >= 11 is 0. The molecular weight excluding hydrogens is 402 g/mol. The van der Waals surface area contributed by atoms with Gasteiger partial charge in [0.15, 0.2) is 11.3 Å². The van der Waals surface area contributed by atoms with Gasteiger partial charge in [-0.05, 0) is 18.3 Å². The fraction of sp³-hybridized carbons (Fsp3) is 0.450. The van der Waals surface area contributed by atoms with Crippen LogP contribution in [0.2, 0.25) is 0 Å². The van der Waals surface area contributed by atoms with Crippen LogP contribution in [0.3, 0.4) is 0 Å². The molecule has 164 valence electrons.